The maximum Gasteiger partial charge on any atom is 0.254 e. The van der Waals surface area contributed by atoms with Crippen LogP contribution in [0.5, 0.6) is 5.88 Å². The normalized spacial score (nSPS) is 15.1. The Balaban J connectivity index is 1.39. The monoisotopic (exact) mass is 379 g/mol. The lowest BCUT2D eigenvalue weighted by Crippen LogP contribution is -2.42. The molecule has 1 aromatic heterocycles. The van der Waals surface area contributed by atoms with E-state index in [2.05, 4.69) is 9.97 Å². The van der Waals surface area contributed by atoms with E-state index in [1.165, 1.54) is 0 Å². The van der Waals surface area contributed by atoms with Crippen molar-refractivity contribution in [3.8, 4) is 5.88 Å². The number of benzene rings is 2. The minimum atomic E-state index is 0.0558. The van der Waals surface area contributed by atoms with Crippen LogP contribution >= 0.6 is 11.8 Å². The second kappa shape index (κ2) is 7.96. The highest BCUT2D eigenvalue weighted by molar-refractivity contribution is 7.98. The molecule has 3 aromatic rings. The number of amides is 1. The summed E-state index contributed by atoms with van der Waals surface area (Å²) in [6.45, 7) is 1.38. The predicted octanol–water partition coefficient (Wildman–Crippen LogP) is 4.04. The summed E-state index contributed by atoms with van der Waals surface area (Å²) in [6, 6.07) is 15.5. The van der Waals surface area contributed by atoms with Gasteiger partial charge >= 0.3 is 0 Å². The van der Waals surface area contributed by atoms with Gasteiger partial charge in [0.2, 0.25) is 5.88 Å². The number of rotatable bonds is 4. The van der Waals surface area contributed by atoms with E-state index >= 15 is 0 Å². The van der Waals surface area contributed by atoms with Crippen LogP contribution in [0.1, 0.15) is 23.2 Å². The molecule has 0 bridgehead atoms. The van der Waals surface area contributed by atoms with Crippen LogP contribution in [0.15, 0.2) is 59.6 Å². The molecule has 0 aliphatic carbocycles. The first-order valence-corrected chi connectivity index (χ1v) is 10.3. The number of nitrogens with zero attached hydrogens (tertiary/aromatic N) is 3. The molecular formula is C21H21N3O2S. The van der Waals surface area contributed by atoms with Gasteiger partial charge in [0.05, 0.1) is 22.8 Å². The molecule has 5 nitrogen and oxygen atoms in total. The van der Waals surface area contributed by atoms with Crippen molar-refractivity contribution in [2.75, 3.05) is 19.3 Å². The van der Waals surface area contributed by atoms with Crippen LogP contribution in [0.3, 0.4) is 0 Å². The van der Waals surface area contributed by atoms with Crippen molar-refractivity contribution < 1.29 is 9.53 Å². The van der Waals surface area contributed by atoms with E-state index in [1.807, 2.05) is 59.7 Å². The van der Waals surface area contributed by atoms with Gasteiger partial charge in [0.1, 0.15) is 6.10 Å². The number of aromatic nitrogens is 2. The fraction of sp³-hybridized carbons (Fsp3) is 0.286. The molecule has 0 N–H and O–H groups in total. The van der Waals surface area contributed by atoms with Crippen molar-refractivity contribution in [3.63, 3.8) is 0 Å². The van der Waals surface area contributed by atoms with Crippen molar-refractivity contribution >= 4 is 28.7 Å². The minimum absolute atomic E-state index is 0.0558. The fourth-order valence-electron chi connectivity index (χ4n) is 3.34. The van der Waals surface area contributed by atoms with Gasteiger partial charge in [0, 0.05) is 30.8 Å². The molecule has 0 saturated carbocycles. The second-order valence-corrected chi connectivity index (χ2v) is 7.35. The number of thioether (sulfide) groups is 1. The van der Waals surface area contributed by atoms with Crippen LogP contribution in [0.2, 0.25) is 0 Å². The average molecular weight is 379 g/mol. The molecule has 2 heterocycles. The lowest BCUT2D eigenvalue weighted by atomic mass is 10.1. The zero-order valence-electron chi connectivity index (χ0n) is 15.2. The molecule has 6 heteroatoms. The molecule has 1 saturated heterocycles. The van der Waals surface area contributed by atoms with Gasteiger partial charge in [-0.2, -0.15) is 0 Å². The van der Waals surface area contributed by atoms with Gasteiger partial charge < -0.3 is 9.64 Å². The van der Waals surface area contributed by atoms with E-state index in [1.54, 1.807) is 18.0 Å². The van der Waals surface area contributed by atoms with E-state index in [0.717, 1.165) is 34.3 Å². The first kappa shape index (κ1) is 17.8. The van der Waals surface area contributed by atoms with E-state index < -0.39 is 0 Å². The van der Waals surface area contributed by atoms with Gasteiger partial charge in [-0.1, -0.05) is 24.3 Å². The number of para-hydroxylation sites is 2. The molecule has 1 amide bonds. The Labute approximate surface area is 162 Å². The number of carbonyl (C=O) groups excluding carboxylic acids is 1. The topological polar surface area (TPSA) is 55.3 Å². The zero-order valence-corrected chi connectivity index (χ0v) is 16.0. The summed E-state index contributed by atoms with van der Waals surface area (Å²) in [6.07, 6.45) is 5.31. The summed E-state index contributed by atoms with van der Waals surface area (Å²) in [5.41, 5.74) is 2.47. The highest BCUT2D eigenvalue weighted by Gasteiger charge is 2.26. The van der Waals surface area contributed by atoms with Crippen molar-refractivity contribution in [1.82, 2.24) is 14.9 Å². The number of ether oxygens (including phenoxy) is 1. The lowest BCUT2D eigenvalue weighted by Gasteiger charge is -2.32. The number of piperidine rings is 1. The van der Waals surface area contributed by atoms with Crippen molar-refractivity contribution in [1.29, 1.82) is 0 Å². The molecular weight excluding hydrogens is 358 g/mol. The summed E-state index contributed by atoms with van der Waals surface area (Å²) in [5.74, 6) is 0.648. The van der Waals surface area contributed by atoms with Gasteiger partial charge in [-0.3, -0.25) is 4.79 Å². The summed E-state index contributed by atoms with van der Waals surface area (Å²) in [7, 11) is 0. The van der Waals surface area contributed by atoms with E-state index in [9.17, 15) is 4.79 Å². The number of hydrogen-bond acceptors (Lipinski definition) is 5. The van der Waals surface area contributed by atoms with Crippen LogP contribution in [0.25, 0.3) is 11.0 Å². The van der Waals surface area contributed by atoms with Crippen LogP contribution in [-0.4, -0.2) is 46.2 Å². The molecule has 4 rings (SSSR count). The lowest BCUT2D eigenvalue weighted by molar-refractivity contribution is 0.0584. The predicted molar refractivity (Wildman–Crippen MR) is 107 cm³/mol. The maximum absolute atomic E-state index is 12.8. The molecule has 0 radical (unpaired) electrons. The zero-order chi connectivity index (χ0) is 18.6. The van der Waals surface area contributed by atoms with Gasteiger partial charge in [-0.25, -0.2) is 9.97 Å². The number of hydrogen-bond donors (Lipinski definition) is 0. The second-order valence-electron chi connectivity index (χ2n) is 6.51. The van der Waals surface area contributed by atoms with Crippen LogP contribution in [-0.2, 0) is 0 Å². The van der Waals surface area contributed by atoms with Gasteiger partial charge in [-0.05, 0) is 30.5 Å². The van der Waals surface area contributed by atoms with Gasteiger partial charge in [0.25, 0.3) is 5.91 Å². The SMILES string of the molecule is CSc1ccccc1C(=O)N1CCC(Oc2cnc3ccccc3n2)CC1. The largest absolute Gasteiger partial charge is 0.473 e. The minimum Gasteiger partial charge on any atom is -0.473 e. The summed E-state index contributed by atoms with van der Waals surface area (Å²) in [5, 5.41) is 0. The third-order valence-corrected chi connectivity index (χ3v) is 5.58. The van der Waals surface area contributed by atoms with Crippen molar-refractivity contribution in [2.24, 2.45) is 0 Å². The molecule has 2 aromatic carbocycles. The van der Waals surface area contributed by atoms with Gasteiger partial charge in [-0.15, -0.1) is 11.8 Å². The Kier molecular flexibility index (Phi) is 5.25. The Morgan fingerprint density at radius 2 is 1.78 bits per heavy atom. The average Bonchev–Trinajstić information content (AvgIpc) is 2.73. The summed E-state index contributed by atoms with van der Waals surface area (Å²) >= 11 is 1.60. The highest BCUT2D eigenvalue weighted by atomic mass is 32.2. The smallest absolute Gasteiger partial charge is 0.254 e. The molecule has 1 aliphatic heterocycles. The summed E-state index contributed by atoms with van der Waals surface area (Å²) in [4.78, 5) is 24.7. The Morgan fingerprint density at radius 1 is 1.07 bits per heavy atom. The number of fused-ring (bicyclic) bond motifs is 1. The molecule has 0 spiro atoms. The first-order valence-electron chi connectivity index (χ1n) is 9.05. The Hall–Kier alpha value is -2.60. The fourth-order valence-corrected chi connectivity index (χ4v) is 3.93. The molecule has 1 aliphatic rings. The highest BCUT2D eigenvalue weighted by Crippen LogP contribution is 2.24. The van der Waals surface area contributed by atoms with Gasteiger partial charge in [0.15, 0.2) is 0 Å². The molecule has 0 atom stereocenters. The third kappa shape index (κ3) is 3.90. The molecule has 138 valence electrons. The third-order valence-electron chi connectivity index (χ3n) is 4.78. The van der Waals surface area contributed by atoms with E-state index in [4.69, 9.17) is 4.74 Å². The number of carbonyl (C=O) groups is 1. The Morgan fingerprint density at radius 3 is 2.56 bits per heavy atom. The summed E-state index contributed by atoms with van der Waals surface area (Å²) < 4.78 is 6.03. The quantitative estimate of drug-likeness (QED) is 0.641. The van der Waals surface area contributed by atoms with Crippen LogP contribution < -0.4 is 4.74 Å². The van der Waals surface area contributed by atoms with Crippen molar-refractivity contribution in [3.05, 3.63) is 60.3 Å². The van der Waals surface area contributed by atoms with Crippen LogP contribution in [0, 0.1) is 0 Å². The molecule has 0 unspecified atom stereocenters. The van der Waals surface area contributed by atoms with E-state index in [-0.39, 0.29) is 12.0 Å². The van der Waals surface area contributed by atoms with E-state index in [0.29, 0.717) is 19.0 Å². The number of likely N-dealkylation sites (tertiary alicyclic amines) is 1. The molecule has 1 fully saturated rings. The van der Waals surface area contributed by atoms with Crippen LogP contribution in [0.4, 0.5) is 0 Å². The first-order chi connectivity index (χ1) is 13.2. The molecule has 27 heavy (non-hydrogen) atoms. The maximum atomic E-state index is 12.8. The Bertz CT molecular complexity index is 955. The standard InChI is InChI=1S/C21H21N3O2S/c1-27-19-9-5-2-6-16(19)21(25)24-12-10-15(11-13-24)26-20-14-22-17-7-3-4-8-18(17)23-20/h2-9,14-15H,10-13H2,1H3. The van der Waals surface area contributed by atoms with Crippen molar-refractivity contribution in [2.45, 2.75) is 23.8 Å².